The monoisotopic (exact) mass is 493 g/mol. The van der Waals surface area contributed by atoms with Crippen LogP contribution in [0.25, 0.3) is 11.1 Å². The van der Waals surface area contributed by atoms with E-state index < -0.39 is 17.9 Å². The number of nitrogens with one attached hydrogen (secondary N) is 1. The topological polar surface area (TPSA) is 116 Å². The molecule has 1 aliphatic rings. The summed E-state index contributed by atoms with van der Waals surface area (Å²) in [6, 6.07) is 8.80. The van der Waals surface area contributed by atoms with Gasteiger partial charge in [0.2, 0.25) is 0 Å². The summed E-state index contributed by atoms with van der Waals surface area (Å²) >= 11 is 11.8. The minimum absolute atomic E-state index is 0.0462. The Morgan fingerprint density at radius 1 is 1.15 bits per heavy atom. The first-order valence-corrected chi connectivity index (χ1v) is 11.2. The van der Waals surface area contributed by atoms with Crippen LogP contribution in [-0.2, 0) is 22.6 Å². The Bertz CT molecular complexity index is 1060. The maximum atomic E-state index is 12.7. The molecule has 1 atom stereocenters. The van der Waals surface area contributed by atoms with Crippen LogP contribution in [0.4, 0.5) is 0 Å². The first-order valence-electron chi connectivity index (χ1n) is 10.4. The van der Waals surface area contributed by atoms with E-state index in [0.717, 1.165) is 19.3 Å². The van der Waals surface area contributed by atoms with Gasteiger partial charge in [-0.3, -0.25) is 4.79 Å². The Balaban J connectivity index is 1.78. The molecule has 0 unspecified atom stereocenters. The van der Waals surface area contributed by atoms with Gasteiger partial charge in [0.05, 0.1) is 24.9 Å². The Morgan fingerprint density at radius 2 is 1.82 bits per heavy atom. The summed E-state index contributed by atoms with van der Waals surface area (Å²) in [5.74, 6) is -1.44. The Labute approximate surface area is 201 Å². The van der Waals surface area contributed by atoms with Gasteiger partial charge in [-0.25, -0.2) is 4.79 Å². The molecule has 0 spiro atoms. The normalized spacial score (nSPS) is 14.2. The highest BCUT2D eigenvalue weighted by Gasteiger charge is 2.31. The molecule has 0 aliphatic heterocycles. The largest absolute Gasteiger partial charge is 0.507 e. The van der Waals surface area contributed by atoms with Gasteiger partial charge in [-0.05, 0) is 47.6 Å². The summed E-state index contributed by atoms with van der Waals surface area (Å²) in [5, 5.41) is 31.9. The highest BCUT2D eigenvalue weighted by Crippen LogP contribution is 2.39. The minimum Gasteiger partial charge on any atom is -0.507 e. The second-order valence-corrected chi connectivity index (χ2v) is 8.87. The predicted octanol–water partition coefficient (Wildman–Crippen LogP) is 4.16. The average molecular weight is 494 g/mol. The second kappa shape index (κ2) is 10.9. The fourth-order valence-corrected chi connectivity index (χ4v) is 4.28. The number of aliphatic hydroxyl groups excluding tert-OH is 1. The summed E-state index contributed by atoms with van der Waals surface area (Å²) in [7, 11) is 1.47. The van der Waals surface area contributed by atoms with Crippen LogP contribution in [0.5, 0.6) is 11.5 Å². The van der Waals surface area contributed by atoms with Crippen molar-refractivity contribution >= 4 is 35.1 Å². The van der Waals surface area contributed by atoms with Crippen molar-refractivity contribution in [3.05, 3.63) is 57.6 Å². The fourth-order valence-electron chi connectivity index (χ4n) is 3.80. The van der Waals surface area contributed by atoms with E-state index in [2.05, 4.69) is 5.32 Å². The number of carboxylic acid groups (broad SMARTS) is 1. The van der Waals surface area contributed by atoms with E-state index in [1.54, 1.807) is 30.3 Å². The van der Waals surface area contributed by atoms with Gasteiger partial charge in [0.25, 0.3) is 5.91 Å². The number of ether oxygens (including phenoxy) is 1. The van der Waals surface area contributed by atoms with Crippen molar-refractivity contribution in [3.63, 3.8) is 0 Å². The van der Waals surface area contributed by atoms with Gasteiger partial charge in [0.15, 0.2) is 0 Å². The Hall–Kier alpha value is -2.74. The van der Waals surface area contributed by atoms with Crippen molar-refractivity contribution in [3.8, 4) is 22.6 Å². The van der Waals surface area contributed by atoms with Crippen molar-refractivity contribution in [2.75, 3.05) is 7.11 Å². The third-order valence-electron chi connectivity index (χ3n) is 5.79. The number of amides is 1. The van der Waals surface area contributed by atoms with E-state index in [4.69, 9.17) is 27.9 Å². The summed E-state index contributed by atoms with van der Waals surface area (Å²) in [4.78, 5) is 24.5. The number of aliphatic hydroxyl groups is 1. The second-order valence-electron chi connectivity index (χ2n) is 7.92. The zero-order valence-electron chi connectivity index (χ0n) is 18.0. The molecule has 0 radical (unpaired) electrons. The van der Waals surface area contributed by atoms with Crippen molar-refractivity contribution in [1.82, 2.24) is 5.32 Å². The maximum absolute atomic E-state index is 12.7. The summed E-state index contributed by atoms with van der Waals surface area (Å²) in [6.45, 7) is -0.238. The van der Waals surface area contributed by atoms with Crippen LogP contribution >= 0.6 is 23.2 Å². The molecular formula is C24H25Cl2NO6. The lowest BCUT2D eigenvalue weighted by Gasteiger charge is -2.28. The molecule has 176 valence electrons. The predicted molar refractivity (Wildman–Crippen MR) is 125 cm³/mol. The highest BCUT2D eigenvalue weighted by atomic mass is 35.5. The number of carbonyl (C=O) groups excluding carboxylic acids is 1. The SMILES string of the molecule is COc1cc(CO)cc(O)c1-c1ccc(C[C@H](NC(=O)C(=C(Cl)Cl)C2CCC2)C(=O)O)cc1. The number of hydrogen-bond donors (Lipinski definition) is 4. The molecule has 1 amide bonds. The molecule has 9 heteroatoms. The van der Waals surface area contributed by atoms with E-state index in [0.29, 0.717) is 28.0 Å². The van der Waals surface area contributed by atoms with Crippen LogP contribution < -0.4 is 10.1 Å². The number of carbonyl (C=O) groups is 2. The van der Waals surface area contributed by atoms with Crippen LogP contribution in [0.3, 0.4) is 0 Å². The van der Waals surface area contributed by atoms with Gasteiger partial charge < -0.3 is 25.4 Å². The molecule has 0 heterocycles. The number of aliphatic carboxylic acids is 1. The van der Waals surface area contributed by atoms with Crippen molar-refractivity contribution in [2.24, 2.45) is 5.92 Å². The highest BCUT2D eigenvalue weighted by molar-refractivity contribution is 6.57. The Kier molecular flexibility index (Phi) is 8.24. The third-order valence-corrected chi connectivity index (χ3v) is 6.20. The molecule has 0 saturated heterocycles. The number of hydrogen-bond acceptors (Lipinski definition) is 5. The number of aromatic hydroxyl groups is 1. The number of benzene rings is 2. The molecule has 1 aliphatic carbocycles. The molecule has 7 nitrogen and oxygen atoms in total. The molecule has 0 aromatic heterocycles. The minimum atomic E-state index is -1.18. The van der Waals surface area contributed by atoms with Gasteiger partial charge in [-0.15, -0.1) is 0 Å². The lowest BCUT2D eigenvalue weighted by molar-refractivity contribution is -0.141. The number of rotatable bonds is 9. The van der Waals surface area contributed by atoms with Gasteiger partial charge in [0, 0.05) is 6.42 Å². The zero-order valence-corrected chi connectivity index (χ0v) is 19.5. The van der Waals surface area contributed by atoms with Crippen molar-refractivity contribution < 1.29 is 29.6 Å². The fraction of sp³-hybridized carbons (Fsp3) is 0.333. The van der Waals surface area contributed by atoms with E-state index in [-0.39, 0.29) is 34.8 Å². The first kappa shape index (κ1) is 24.9. The molecular weight excluding hydrogens is 469 g/mol. The van der Waals surface area contributed by atoms with E-state index in [1.165, 1.54) is 13.2 Å². The number of phenolic OH excluding ortho intramolecular Hbond substituents is 1. The summed E-state index contributed by atoms with van der Waals surface area (Å²) < 4.78 is 5.21. The van der Waals surface area contributed by atoms with Crippen LogP contribution in [0.15, 0.2) is 46.5 Å². The summed E-state index contributed by atoms with van der Waals surface area (Å²) in [5.41, 5.74) is 2.52. The molecule has 33 heavy (non-hydrogen) atoms. The average Bonchev–Trinajstić information content (AvgIpc) is 2.75. The van der Waals surface area contributed by atoms with Gasteiger partial charge in [-0.2, -0.15) is 0 Å². The van der Waals surface area contributed by atoms with E-state index in [1.807, 2.05) is 0 Å². The lowest BCUT2D eigenvalue weighted by Crippen LogP contribution is -2.44. The molecule has 2 aromatic rings. The molecule has 0 bridgehead atoms. The van der Waals surface area contributed by atoms with E-state index in [9.17, 15) is 24.9 Å². The summed E-state index contributed by atoms with van der Waals surface area (Å²) in [6.07, 6.45) is 2.60. The number of halogens is 2. The quantitative estimate of drug-likeness (QED) is 0.389. The van der Waals surface area contributed by atoms with Crippen molar-refractivity contribution in [1.29, 1.82) is 0 Å². The Morgan fingerprint density at radius 3 is 2.30 bits per heavy atom. The smallest absolute Gasteiger partial charge is 0.326 e. The molecule has 4 N–H and O–H groups in total. The van der Waals surface area contributed by atoms with Gasteiger partial charge in [-0.1, -0.05) is 53.9 Å². The van der Waals surface area contributed by atoms with Crippen LogP contribution in [0.2, 0.25) is 0 Å². The van der Waals surface area contributed by atoms with Gasteiger partial charge >= 0.3 is 5.97 Å². The lowest BCUT2D eigenvalue weighted by atomic mass is 9.80. The van der Waals surface area contributed by atoms with Crippen LogP contribution in [0.1, 0.15) is 30.4 Å². The van der Waals surface area contributed by atoms with Crippen molar-refractivity contribution in [2.45, 2.75) is 38.3 Å². The third kappa shape index (κ3) is 5.79. The zero-order chi connectivity index (χ0) is 24.1. The molecule has 3 rings (SSSR count). The van der Waals surface area contributed by atoms with E-state index >= 15 is 0 Å². The molecule has 1 fully saturated rings. The maximum Gasteiger partial charge on any atom is 0.326 e. The van der Waals surface area contributed by atoms with Crippen LogP contribution in [0, 0.1) is 5.92 Å². The number of phenols is 1. The van der Waals surface area contributed by atoms with Gasteiger partial charge in [0.1, 0.15) is 22.0 Å². The van der Waals surface area contributed by atoms with Crippen LogP contribution in [-0.4, -0.2) is 40.3 Å². The number of methoxy groups -OCH3 is 1. The standard InChI is InChI=1S/C24H25Cl2NO6/c1-33-19-11-14(12-28)10-18(29)20(19)16-7-5-13(6-8-16)9-17(24(31)32)27-23(30)21(22(25)26)15-3-2-4-15/h5-8,10-11,15,17,28-29H,2-4,9,12H2,1H3,(H,27,30)(H,31,32)/t17-/m0/s1. The number of carboxylic acids is 1. The molecule has 1 saturated carbocycles. The molecule has 2 aromatic carbocycles. The first-order chi connectivity index (χ1) is 15.7.